The van der Waals surface area contributed by atoms with E-state index in [0.29, 0.717) is 13.1 Å². The average Bonchev–Trinajstić information content (AvgIpc) is 3.13. The molecule has 3 N–H and O–H groups in total. The van der Waals surface area contributed by atoms with Crippen LogP contribution < -0.4 is 5.73 Å². The smallest absolute Gasteiger partial charge is 0.257 e. The highest BCUT2D eigenvalue weighted by molar-refractivity contribution is 5.97. The summed E-state index contributed by atoms with van der Waals surface area (Å²) in [6.45, 7) is 1.10. The molecule has 18 heavy (non-hydrogen) atoms. The zero-order chi connectivity index (χ0) is 13.1. The molecule has 0 bridgehead atoms. The summed E-state index contributed by atoms with van der Waals surface area (Å²) in [5, 5.41) is 9.63. The number of nitrogens with zero attached hydrogens (tertiary/aromatic N) is 1. The number of halogens is 1. The van der Waals surface area contributed by atoms with Gasteiger partial charge in [-0.15, -0.1) is 0 Å². The summed E-state index contributed by atoms with van der Waals surface area (Å²) in [5.74, 6) is -1.11. The number of nitrogens with two attached hydrogens (primary N) is 1. The molecule has 1 amide bonds. The highest BCUT2D eigenvalue weighted by atomic mass is 19.1. The number of hydrogen-bond acceptors (Lipinski definition) is 3. The third-order valence-electron chi connectivity index (χ3n) is 3.04. The van der Waals surface area contributed by atoms with Crippen LogP contribution in [0.1, 0.15) is 29.6 Å². The van der Waals surface area contributed by atoms with E-state index in [4.69, 9.17) is 5.73 Å². The maximum Gasteiger partial charge on any atom is 0.257 e. The van der Waals surface area contributed by atoms with Crippen molar-refractivity contribution in [3.8, 4) is 5.75 Å². The van der Waals surface area contributed by atoms with Gasteiger partial charge in [-0.05, 0) is 37.9 Å². The molecule has 1 saturated carbocycles. The van der Waals surface area contributed by atoms with Crippen molar-refractivity contribution in [2.75, 3.05) is 13.1 Å². The first-order valence-corrected chi connectivity index (χ1v) is 6.13. The predicted molar refractivity (Wildman–Crippen MR) is 65.8 cm³/mol. The monoisotopic (exact) mass is 252 g/mol. The lowest BCUT2D eigenvalue weighted by Crippen LogP contribution is -2.35. The van der Waals surface area contributed by atoms with E-state index in [1.54, 1.807) is 4.90 Å². The van der Waals surface area contributed by atoms with E-state index in [-0.39, 0.29) is 23.3 Å². The van der Waals surface area contributed by atoms with Gasteiger partial charge in [0.25, 0.3) is 5.91 Å². The second kappa shape index (κ2) is 5.35. The Kier molecular flexibility index (Phi) is 3.81. The van der Waals surface area contributed by atoms with Crippen LogP contribution in [0.4, 0.5) is 4.39 Å². The number of phenolic OH excluding ortho intramolecular Hbond substituents is 1. The lowest BCUT2D eigenvalue weighted by atomic mass is 10.1. The number of rotatable bonds is 5. The molecule has 0 saturated heterocycles. The zero-order valence-electron chi connectivity index (χ0n) is 10.1. The summed E-state index contributed by atoms with van der Waals surface area (Å²) >= 11 is 0. The standard InChI is InChI=1S/C13H17FN2O2/c14-9-2-5-11(12(17)8-9)13(18)16(7-1-6-15)10-3-4-10/h2,5,8,10,17H,1,3-4,6-7,15H2. The minimum atomic E-state index is -0.552. The first-order valence-electron chi connectivity index (χ1n) is 6.13. The van der Waals surface area contributed by atoms with Crippen LogP contribution in [0.5, 0.6) is 5.75 Å². The van der Waals surface area contributed by atoms with Crippen molar-refractivity contribution in [3.63, 3.8) is 0 Å². The van der Waals surface area contributed by atoms with Gasteiger partial charge in [0.2, 0.25) is 0 Å². The molecular weight excluding hydrogens is 235 g/mol. The quantitative estimate of drug-likeness (QED) is 0.834. The third kappa shape index (κ3) is 2.79. The van der Waals surface area contributed by atoms with Crippen molar-refractivity contribution in [1.29, 1.82) is 0 Å². The Morgan fingerprint density at radius 3 is 2.78 bits per heavy atom. The van der Waals surface area contributed by atoms with Gasteiger partial charge in [0.15, 0.2) is 0 Å². The fraction of sp³-hybridized carbons (Fsp3) is 0.462. The number of hydrogen-bond donors (Lipinski definition) is 2. The second-order valence-corrected chi connectivity index (χ2v) is 4.53. The van der Waals surface area contributed by atoms with Gasteiger partial charge >= 0.3 is 0 Å². The van der Waals surface area contributed by atoms with E-state index in [2.05, 4.69) is 0 Å². The number of benzene rings is 1. The van der Waals surface area contributed by atoms with E-state index in [1.165, 1.54) is 12.1 Å². The highest BCUT2D eigenvalue weighted by Gasteiger charge is 2.33. The normalized spacial score (nSPS) is 14.6. The Hall–Kier alpha value is -1.62. The molecule has 0 aliphatic heterocycles. The van der Waals surface area contributed by atoms with Crippen LogP contribution in [0.2, 0.25) is 0 Å². The molecule has 2 rings (SSSR count). The van der Waals surface area contributed by atoms with Crippen molar-refractivity contribution in [2.45, 2.75) is 25.3 Å². The van der Waals surface area contributed by atoms with Crippen molar-refractivity contribution >= 4 is 5.91 Å². The van der Waals surface area contributed by atoms with E-state index < -0.39 is 5.82 Å². The van der Waals surface area contributed by atoms with Gasteiger partial charge in [0.1, 0.15) is 11.6 Å². The number of phenols is 1. The minimum Gasteiger partial charge on any atom is -0.507 e. The number of carbonyl (C=O) groups excluding carboxylic acids is 1. The van der Waals surface area contributed by atoms with Gasteiger partial charge in [-0.3, -0.25) is 4.79 Å². The van der Waals surface area contributed by atoms with Gasteiger partial charge < -0.3 is 15.7 Å². The van der Waals surface area contributed by atoms with Crippen LogP contribution >= 0.6 is 0 Å². The van der Waals surface area contributed by atoms with Crippen LogP contribution in [0.3, 0.4) is 0 Å². The van der Waals surface area contributed by atoms with Crippen molar-refractivity contribution in [2.24, 2.45) is 5.73 Å². The molecule has 0 aromatic heterocycles. The SMILES string of the molecule is NCCCN(C(=O)c1ccc(F)cc1O)C1CC1. The molecule has 0 unspecified atom stereocenters. The first kappa shape index (κ1) is 12.8. The lowest BCUT2D eigenvalue weighted by molar-refractivity contribution is 0.0739. The third-order valence-corrected chi connectivity index (χ3v) is 3.04. The van der Waals surface area contributed by atoms with Gasteiger partial charge in [-0.1, -0.05) is 0 Å². The van der Waals surface area contributed by atoms with E-state index in [0.717, 1.165) is 25.3 Å². The summed E-state index contributed by atoms with van der Waals surface area (Å²) in [6.07, 6.45) is 2.70. The van der Waals surface area contributed by atoms with E-state index in [9.17, 15) is 14.3 Å². The molecule has 5 heteroatoms. The van der Waals surface area contributed by atoms with Crippen LogP contribution in [-0.4, -0.2) is 35.0 Å². The molecule has 4 nitrogen and oxygen atoms in total. The van der Waals surface area contributed by atoms with E-state index in [1.807, 2.05) is 0 Å². The van der Waals surface area contributed by atoms with Gasteiger partial charge in [-0.2, -0.15) is 0 Å². The number of amides is 1. The van der Waals surface area contributed by atoms with Crippen LogP contribution in [-0.2, 0) is 0 Å². The summed E-state index contributed by atoms with van der Waals surface area (Å²) in [7, 11) is 0. The highest BCUT2D eigenvalue weighted by Crippen LogP contribution is 2.30. The molecule has 1 aromatic carbocycles. The molecular formula is C13H17FN2O2. The average molecular weight is 252 g/mol. The molecule has 0 radical (unpaired) electrons. The van der Waals surface area contributed by atoms with Crippen molar-refractivity contribution < 1.29 is 14.3 Å². The summed E-state index contributed by atoms with van der Waals surface area (Å²) in [6, 6.07) is 3.71. The molecule has 0 atom stereocenters. The summed E-state index contributed by atoms with van der Waals surface area (Å²) < 4.78 is 12.9. The van der Waals surface area contributed by atoms with Gasteiger partial charge in [-0.25, -0.2) is 4.39 Å². The fourth-order valence-corrected chi connectivity index (χ4v) is 1.94. The zero-order valence-corrected chi connectivity index (χ0v) is 10.1. The fourth-order valence-electron chi connectivity index (χ4n) is 1.94. The Morgan fingerprint density at radius 1 is 1.50 bits per heavy atom. The largest absolute Gasteiger partial charge is 0.507 e. The van der Waals surface area contributed by atoms with Crippen LogP contribution in [0.15, 0.2) is 18.2 Å². The minimum absolute atomic E-state index is 0.153. The molecule has 1 aromatic rings. The maximum absolute atomic E-state index is 12.9. The van der Waals surface area contributed by atoms with Crippen LogP contribution in [0.25, 0.3) is 0 Å². The molecule has 0 heterocycles. The molecule has 1 aliphatic rings. The van der Waals surface area contributed by atoms with Gasteiger partial charge in [0, 0.05) is 18.7 Å². The Bertz CT molecular complexity index is 447. The Labute approximate surface area is 105 Å². The molecule has 1 aliphatic carbocycles. The Balaban J connectivity index is 2.16. The maximum atomic E-state index is 12.9. The van der Waals surface area contributed by atoms with E-state index >= 15 is 0 Å². The summed E-state index contributed by atoms with van der Waals surface area (Å²) in [5.41, 5.74) is 5.60. The Morgan fingerprint density at radius 2 is 2.22 bits per heavy atom. The van der Waals surface area contributed by atoms with Crippen molar-refractivity contribution in [3.05, 3.63) is 29.6 Å². The predicted octanol–water partition coefficient (Wildman–Crippen LogP) is 1.48. The lowest BCUT2D eigenvalue weighted by Gasteiger charge is -2.22. The summed E-state index contributed by atoms with van der Waals surface area (Å²) in [4.78, 5) is 14.0. The molecule has 1 fully saturated rings. The topological polar surface area (TPSA) is 66.6 Å². The molecule has 98 valence electrons. The molecule has 0 spiro atoms. The van der Waals surface area contributed by atoms with Crippen LogP contribution in [0, 0.1) is 5.82 Å². The van der Waals surface area contributed by atoms with Gasteiger partial charge in [0.05, 0.1) is 5.56 Å². The van der Waals surface area contributed by atoms with Crippen molar-refractivity contribution in [1.82, 2.24) is 4.90 Å². The second-order valence-electron chi connectivity index (χ2n) is 4.53. The first-order chi connectivity index (χ1) is 8.63. The number of aromatic hydroxyl groups is 1. The number of carbonyl (C=O) groups is 1.